The summed E-state index contributed by atoms with van der Waals surface area (Å²) in [6, 6.07) is 15.9. The molecule has 0 saturated heterocycles. The van der Waals surface area contributed by atoms with E-state index < -0.39 is 10.0 Å². The first-order valence-corrected chi connectivity index (χ1v) is 10.1. The van der Waals surface area contributed by atoms with Crippen LogP contribution in [0.25, 0.3) is 0 Å². The third kappa shape index (κ3) is 6.07. The first-order valence-electron chi connectivity index (χ1n) is 8.45. The van der Waals surface area contributed by atoms with Gasteiger partial charge in [-0.3, -0.25) is 9.52 Å². The molecule has 0 aromatic heterocycles. The third-order valence-corrected chi connectivity index (χ3v) is 5.13. The lowest BCUT2D eigenvalue weighted by Crippen LogP contribution is -2.31. The average Bonchev–Trinajstić information content (AvgIpc) is 2.61. The summed E-state index contributed by atoms with van der Waals surface area (Å²) in [7, 11) is -1.70. The molecule has 2 aromatic carbocycles. The maximum atomic E-state index is 12.5. The monoisotopic (exact) mass is 376 g/mol. The van der Waals surface area contributed by atoms with Crippen molar-refractivity contribution in [3.8, 4) is 5.75 Å². The summed E-state index contributed by atoms with van der Waals surface area (Å²) in [5.74, 6) is 0.598. The van der Waals surface area contributed by atoms with Gasteiger partial charge in [-0.1, -0.05) is 31.2 Å². The Morgan fingerprint density at radius 1 is 1.12 bits per heavy atom. The first kappa shape index (κ1) is 19.8. The largest absolute Gasteiger partial charge is 0.492 e. The van der Waals surface area contributed by atoms with Crippen molar-refractivity contribution in [3.05, 3.63) is 60.2 Å². The molecule has 7 heteroatoms. The second kappa shape index (κ2) is 9.24. The van der Waals surface area contributed by atoms with Gasteiger partial charge in [0.15, 0.2) is 0 Å². The van der Waals surface area contributed by atoms with E-state index in [1.54, 1.807) is 43.1 Å². The molecule has 0 bridgehead atoms. The van der Waals surface area contributed by atoms with Gasteiger partial charge >= 0.3 is 0 Å². The minimum absolute atomic E-state index is 0.0436. The lowest BCUT2D eigenvalue weighted by Gasteiger charge is -2.18. The maximum Gasteiger partial charge on any atom is 0.253 e. The predicted octanol–water partition coefficient (Wildman–Crippen LogP) is 2.99. The molecule has 0 atom stereocenters. The molecule has 0 aliphatic rings. The minimum Gasteiger partial charge on any atom is -0.492 e. The van der Waals surface area contributed by atoms with E-state index >= 15 is 0 Å². The SMILES string of the molecule is CCCS(=O)(=O)Nc1cccc(C(=O)N(C)CCOc2ccccc2)c1. The molecule has 0 saturated carbocycles. The van der Waals surface area contributed by atoms with Gasteiger partial charge in [0.2, 0.25) is 10.0 Å². The average molecular weight is 376 g/mol. The van der Waals surface area contributed by atoms with Gasteiger partial charge in [-0.05, 0) is 36.8 Å². The van der Waals surface area contributed by atoms with Crippen molar-refractivity contribution in [2.24, 2.45) is 0 Å². The van der Waals surface area contributed by atoms with E-state index in [0.717, 1.165) is 5.75 Å². The van der Waals surface area contributed by atoms with Crippen LogP contribution in [0.2, 0.25) is 0 Å². The molecular formula is C19H24N2O4S. The zero-order valence-corrected chi connectivity index (χ0v) is 15.8. The summed E-state index contributed by atoms with van der Waals surface area (Å²) >= 11 is 0. The Morgan fingerprint density at radius 2 is 1.85 bits per heavy atom. The second-order valence-electron chi connectivity index (χ2n) is 5.89. The second-order valence-corrected chi connectivity index (χ2v) is 7.73. The van der Waals surface area contributed by atoms with Crippen molar-refractivity contribution in [2.75, 3.05) is 30.7 Å². The molecule has 0 heterocycles. The summed E-state index contributed by atoms with van der Waals surface area (Å²) in [6.07, 6.45) is 0.526. The molecule has 0 radical (unpaired) electrons. The van der Waals surface area contributed by atoms with Gasteiger partial charge < -0.3 is 9.64 Å². The predicted molar refractivity (Wildman–Crippen MR) is 103 cm³/mol. The minimum atomic E-state index is -3.39. The number of carbonyl (C=O) groups excluding carboxylic acids is 1. The smallest absolute Gasteiger partial charge is 0.253 e. The first-order chi connectivity index (χ1) is 12.4. The maximum absolute atomic E-state index is 12.5. The van der Waals surface area contributed by atoms with E-state index in [1.165, 1.54) is 0 Å². The molecule has 26 heavy (non-hydrogen) atoms. The molecule has 2 aromatic rings. The molecule has 0 aliphatic carbocycles. The van der Waals surface area contributed by atoms with Gasteiger partial charge in [-0.25, -0.2) is 8.42 Å². The highest BCUT2D eigenvalue weighted by molar-refractivity contribution is 7.92. The Labute approximate surface area is 154 Å². The number of nitrogens with zero attached hydrogens (tertiary/aromatic N) is 1. The van der Waals surface area contributed by atoms with Crippen LogP contribution in [0.4, 0.5) is 5.69 Å². The van der Waals surface area contributed by atoms with Crippen molar-refractivity contribution in [1.82, 2.24) is 4.90 Å². The van der Waals surface area contributed by atoms with Gasteiger partial charge in [-0.2, -0.15) is 0 Å². The number of amides is 1. The van der Waals surface area contributed by atoms with E-state index in [9.17, 15) is 13.2 Å². The van der Waals surface area contributed by atoms with Crippen molar-refractivity contribution < 1.29 is 17.9 Å². The number of anilines is 1. The van der Waals surface area contributed by atoms with E-state index in [1.807, 2.05) is 30.3 Å². The summed E-state index contributed by atoms with van der Waals surface area (Å²) < 4.78 is 31.8. The van der Waals surface area contributed by atoms with Crippen LogP contribution >= 0.6 is 0 Å². The van der Waals surface area contributed by atoms with Crippen LogP contribution in [-0.2, 0) is 10.0 Å². The Morgan fingerprint density at radius 3 is 2.54 bits per heavy atom. The Kier molecular flexibility index (Phi) is 7.03. The number of para-hydroxylation sites is 1. The standard InChI is InChI=1S/C19H24N2O4S/c1-3-14-26(23,24)20-17-9-7-8-16(15-17)19(22)21(2)12-13-25-18-10-5-4-6-11-18/h4-11,15,20H,3,12-14H2,1-2H3. The van der Waals surface area contributed by atoms with Gasteiger partial charge in [0.25, 0.3) is 5.91 Å². The fourth-order valence-corrected chi connectivity index (χ4v) is 3.48. The molecule has 1 N–H and O–H groups in total. The van der Waals surface area contributed by atoms with E-state index in [2.05, 4.69) is 4.72 Å². The summed E-state index contributed by atoms with van der Waals surface area (Å²) in [6.45, 7) is 2.58. The normalized spacial score (nSPS) is 11.0. The van der Waals surface area contributed by atoms with Gasteiger partial charge in [0.1, 0.15) is 12.4 Å². The van der Waals surface area contributed by atoms with E-state index in [-0.39, 0.29) is 11.7 Å². The van der Waals surface area contributed by atoms with Gasteiger partial charge in [0.05, 0.1) is 12.3 Å². The molecule has 0 fully saturated rings. The molecule has 2 rings (SSSR count). The number of ether oxygens (including phenoxy) is 1. The molecule has 0 spiro atoms. The quantitative estimate of drug-likeness (QED) is 0.730. The van der Waals surface area contributed by atoms with Gasteiger partial charge in [0, 0.05) is 18.3 Å². The Bertz CT molecular complexity index is 822. The highest BCUT2D eigenvalue weighted by Gasteiger charge is 2.14. The molecule has 1 amide bonds. The van der Waals surface area contributed by atoms with Crippen molar-refractivity contribution in [2.45, 2.75) is 13.3 Å². The van der Waals surface area contributed by atoms with Crippen LogP contribution < -0.4 is 9.46 Å². The zero-order chi connectivity index (χ0) is 19.0. The van der Waals surface area contributed by atoms with Crippen LogP contribution in [0, 0.1) is 0 Å². The highest BCUT2D eigenvalue weighted by Crippen LogP contribution is 2.14. The third-order valence-electron chi connectivity index (χ3n) is 3.64. The number of rotatable bonds is 9. The lowest BCUT2D eigenvalue weighted by molar-refractivity contribution is 0.0774. The van der Waals surface area contributed by atoms with Crippen LogP contribution in [0.1, 0.15) is 23.7 Å². The number of hydrogen-bond donors (Lipinski definition) is 1. The van der Waals surface area contributed by atoms with Crippen molar-refractivity contribution in [1.29, 1.82) is 0 Å². The number of sulfonamides is 1. The highest BCUT2D eigenvalue weighted by atomic mass is 32.2. The molecule has 0 unspecified atom stereocenters. The number of carbonyl (C=O) groups is 1. The fourth-order valence-electron chi connectivity index (χ4n) is 2.35. The molecule has 140 valence electrons. The van der Waals surface area contributed by atoms with Crippen LogP contribution in [0.5, 0.6) is 5.75 Å². The molecule has 6 nitrogen and oxygen atoms in total. The summed E-state index contributed by atoms with van der Waals surface area (Å²) in [5.41, 5.74) is 0.808. The summed E-state index contributed by atoms with van der Waals surface area (Å²) in [4.78, 5) is 14.1. The van der Waals surface area contributed by atoms with Gasteiger partial charge in [-0.15, -0.1) is 0 Å². The Balaban J connectivity index is 1.94. The summed E-state index contributed by atoms with van der Waals surface area (Å²) in [5, 5.41) is 0. The lowest BCUT2D eigenvalue weighted by atomic mass is 10.2. The number of benzene rings is 2. The van der Waals surface area contributed by atoms with Crippen LogP contribution in [-0.4, -0.2) is 45.2 Å². The zero-order valence-electron chi connectivity index (χ0n) is 15.0. The molecule has 0 aliphatic heterocycles. The van der Waals surface area contributed by atoms with E-state index in [0.29, 0.717) is 30.8 Å². The number of hydrogen-bond acceptors (Lipinski definition) is 4. The fraction of sp³-hybridized carbons (Fsp3) is 0.316. The van der Waals surface area contributed by atoms with Crippen LogP contribution in [0.15, 0.2) is 54.6 Å². The Hall–Kier alpha value is -2.54. The van der Waals surface area contributed by atoms with E-state index in [4.69, 9.17) is 4.74 Å². The van der Waals surface area contributed by atoms with Crippen molar-refractivity contribution >= 4 is 21.6 Å². The molecular weight excluding hydrogens is 352 g/mol. The van der Waals surface area contributed by atoms with Crippen LogP contribution in [0.3, 0.4) is 0 Å². The van der Waals surface area contributed by atoms with Crippen molar-refractivity contribution in [3.63, 3.8) is 0 Å². The number of nitrogens with one attached hydrogen (secondary N) is 1. The topological polar surface area (TPSA) is 75.7 Å². The number of likely N-dealkylation sites (N-methyl/N-ethyl adjacent to an activating group) is 1.